The van der Waals surface area contributed by atoms with Gasteiger partial charge in [-0.25, -0.2) is 0 Å². The zero-order valence-corrected chi connectivity index (χ0v) is 11.6. The molecule has 0 spiro atoms. The number of amides is 2. The summed E-state index contributed by atoms with van der Waals surface area (Å²) in [6.07, 6.45) is 2.99. The molecule has 6 heteroatoms. The van der Waals surface area contributed by atoms with E-state index in [-0.39, 0.29) is 17.9 Å². The first-order valence-corrected chi connectivity index (χ1v) is 7.58. The van der Waals surface area contributed by atoms with Gasteiger partial charge in [0.2, 0.25) is 11.8 Å². The highest BCUT2D eigenvalue weighted by Gasteiger charge is 2.30. The van der Waals surface area contributed by atoms with Gasteiger partial charge < -0.3 is 15.5 Å². The third kappa shape index (κ3) is 3.62. The van der Waals surface area contributed by atoms with Crippen LogP contribution >= 0.6 is 11.8 Å². The Bertz CT molecular complexity index is 318. The molecule has 0 aliphatic carbocycles. The van der Waals surface area contributed by atoms with Gasteiger partial charge >= 0.3 is 0 Å². The standard InChI is InChI=1S/C12H21N3O2S/c1-15-7-4-10(12(15)17)14-11(16)8-18-9-2-5-13-6-3-9/h9-10,13H,2-8H2,1H3,(H,14,16). The summed E-state index contributed by atoms with van der Waals surface area (Å²) in [5.74, 6) is 0.500. The van der Waals surface area contributed by atoms with E-state index in [1.165, 1.54) is 0 Å². The lowest BCUT2D eigenvalue weighted by atomic mass is 10.2. The van der Waals surface area contributed by atoms with Gasteiger partial charge in [-0.05, 0) is 32.4 Å². The monoisotopic (exact) mass is 271 g/mol. The predicted molar refractivity (Wildman–Crippen MR) is 72.5 cm³/mol. The predicted octanol–water partition coefficient (Wildman–Crippen LogP) is -0.181. The van der Waals surface area contributed by atoms with Gasteiger partial charge in [-0.3, -0.25) is 9.59 Å². The molecule has 1 atom stereocenters. The van der Waals surface area contributed by atoms with Crippen molar-refractivity contribution in [3.63, 3.8) is 0 Å². The zero-order chi connectivity index (χ0) is 13.0. The number of rotatable bonds is 4. The fourth-order valence-electron chi connectivity index (χ4n) is 2.35. The minimum Gasteiger partial charge on any atom is -0.344 e. The summed E-state index contributed by atoms with van der Waals surface area (Å²) in [4.78, 5) is 25.1. The molecule has 0 aromatic carbocycles. The zero-order valence-electron chi connectivity index (χ0n) is 10.8. The summed E-state index contributed by atoms with van der Waals surface area (Å²) in [5.41, 5.74) is 0. The maximum Gasteiger partial charge on any atom is 0.244 e. The SMILES string of the molecule is CN1CCC(NC(=O)CSC2CCNCC2)C1=O. The number of piperidine rings is 1. The van der Waals surface area contributed by atoms with Gasteiger partial charge in [0, 0.05) is 18.8 Å². The van der Waals surface area contributed by atoms with Crippen LogP contribution in [-0.4, -0.2) is 60.4 Å². The third-order valence-corrected chi connectivity index (χ3v) is 4.87. The Morgan fingerprint density at radius 3 is 2.78 bits per heavy atom. The van der Waals surface area contributed by atoms with Crippen molar-refractivity contribution in [3.05, 3.63) is 0 Å². The maximum atomic E-state index is 11.8. The molecule has 102 valence electrons. The summed E-state index contributed by atoms with van der Waals surface area (Å²) >= 11 is 1.71. The van der Waals surface area contributed by atoms with E-state index in [0.717, 1.165) is 38.9 Å². The number of nitrogens with one attached hydrogen (secondary N) is 2. The average molecular weight is 271 g/mol. The largest absolute Gasteiger partial charge is 0.344 e. The molecule has 0 radical (unpaired) electrons. The number of likely N-dealkylation sites (tertiary alicyclic amines) is 1. The number of hydrogen-bond donors (Lipinski definition) is 2. The second kappa shape index (κ2) is 6.43. The summed E-state index contributed by atoms with van der Waals surface area (Å²) in [6.45, 7) is 2.83. The van der Waals surface area contributed by atoms with Crippen LogP contribution in [0.15, 0.2) is 0 Å². The molecule has 1 unspecified atom stereocenters. The Kier molecular flexibility index (Phi) is 4.88. The fraction of sp³-hybridized carbons (Fsp3) is 0.833. The Morgan fingerprint density at radius 1 is 1.44 bits per heavy atom. The van der Waals surface area contributed by atoms with Crippen LogP contribution in [0.25, 0.3) is 0 Å². The van der Waals surface area contributed by atoms with E-state index in [9.17, 15) is 9.59 Å². The van der Waals surface area contributed by atoms with E-state index >= 15 is 0 Å². The Labute approximate surface area is 112 Å². The molecule has 2 fully saturated rings. The van der Waals surface area contributed by atoms with Crippen LogP contribution < -0.4 is 10.6 Å². The first-order chi connectivity index (χ1) is 8.66. The van der Waals surface area contributed by atoms with Gasteiger partial charge in [0.05, 0.1) is 5.75 Å². The summed E-state index contributed by atoms with van der Waals surface area (Å²) in [7, 11) is 1.78. The fourth-order valence-corrected chi connectivity index (χ4v) is 3.39. The van der Waals surface area contributed by atoms with Crippen LogP contribution in [0.5, 0.6) is 0 Å². The molecule has 2 rings (SSSR count). The van der Waals surface area contributed by atoms with Gasteiger partial charge in [-0.15, -0.1) is 11.8 Å². The van der Waals surface area contributed by atoms with E-state index in [1.54, 1.807) is 23.7 Å². The van der Waals surface area contributed by atoms with Crippen molar-refractivity contribution in [1.29, 1.82) is 0 Å². The molecule has 5 nitrogen and oxygen atoms in total. The van der Waals surface area contributed by atoms with Crippen LogP contribution in [0.4, 0.5) is 0 Å². The first kappa shape index (κ1) is 13.7. The van der Waals surface area contributed by atoms with Crippen molar-refractivity contribution >= 4 is 23.6 Å². The lowest BCUT2D eigenvalue weighted by Crippen LogP contribution is -2.41. The Morgan fingerprint density at radius 2 is 2.17 bits per heavy atom. The number of carbonyl (C=O) groups excluding carboxylic acids is 2. The number of likely N-dealkylation sites (N-methyl/N-ethyl adjacent to an activating group) is 1. The minimum atomic E-state index is -0.295. The highest BCUT2D eigenvalue weighted by molar-refractivity contribution is 8.00. The number of thioether (sulfide) groups is 1. The molecule has 18 heavy (non-hydrogen) atoms. The van der Waals surface area contributed by atoms with E-state index < -0.39 is 0 Å². The number of carbonyl (C=O) groups is 2. The van der Waals surface area contributed by atoms with Gasteiger partial charge in [0.1, 0.15) is 6.04 Å². The molecule has 0 bridgehead atoms. The Hall–Kier alpha value is -0.750. The van der Waals surface area contributed by atoms with Crippen molar-refractivity contribution in [2.24, 2.45) is 0 Å². The van der Waals surface area contributed by atoms with Gasteiger partial charge in [-0.1, -0.05) is 0 Å². The topological polar surface area (TPSA) is 61.4 Å². The first-order valence-electron chi connectivity index (χ1n) is 6.53. The number of nitrogens with zero attached hydrogens (tertiary/aromatic N) is 1. The van der Waals surface area contributed by atoms with Crippen LogP contribution in [0.3, 0.4) is 0 Å². The average Bonchev–Trinajstić information content (AvgIpc) is 2.70. The molecular formula is C12H21N3O2S. The molecule has 2 saturated heterocycles. The van der Waals surface area contributed by atoms with E-state index in [4.69, 9.17) is 0 Å². The molecule has 2 N–H and O–H groups in total. The molecular weight excluding hydrogens is 250 g/mol. The van der Waals surface area contributed by atoms with Gasteiger partial charge in [0.25, 0.3) is 0 Å². The van der Waals surface area contributed by atoms with Crippen LogP contribution in [0.1, 0.15) is 19.3 Å². The van der Waals surface area contributed by atoms with Gasteiger partial charge in [-0.2, -0.15) is 0 Å². The van der Waals surface area contributed by atoms with Crippen molar-refractivity contribution < 1.29 is 9.59 Å². The molecule has 0 aromatic heterocycles. The van der Waals surface area contributed by atoms with Crippen molar-refractivity contribution in [3.8, 4) is 0 Å². The summed E-state index contributed by atoms with van der Waals surface area (Å²) in [6, 6.07) is -0.295. The second-order valence-corrected chi connectivity index (χ2v) is 6.22. The minimum absolute atomic E-state index is 0.00724. The summed E-state index contributed by atoms with van der Waals surface area (Å²) < 4.78 is 0. The quantitative estimate of drug-likeness (QED) is 0.744. The van der Waals surface area contributed by atoms with Crippen molar-refractivity contribution in [2.75, 3.05) is 32.4 Å². The second-order valence-electron chi connectivity index (χ2n) is 4.93. The maximum absolute atomic E-state index is 11.8. The van der Waals surface area contributed by atoms with Crippen LogP contribution in [-0.2, 0) is 9.59 Å². The highest BCUT2D eigenvalue weighted by Crippen LogP contribution is 2.20. The summed E-state index contributed by atoms with van der Waals surface area (Å²) in [5, 5.41) is 6.72. The molecule has 2 amide bonds. The van der Waals surface area contributed by atoms with Crippen molar-refractivity contribution in [2.45, 2.75) is 30.6 Å². The highest BCUT2D eigenvalue weighted by atomic mass is 32.2. The lowest BCUT2D eigenvalue weighted by Gasteiger charge is -2.22. The Balaban J connectivity index is 1.67. The smallest absolute Gasteiger partial charge is 0.244 e. The van der Waals surface area contributed by atoms with Gasteiger partial charge in [0.15, 0.2) is 0 Å². The molecule has 2 heterocycles. The van der Waals surface area contributed by atoms with Crippen LogP contribution in [0, 0.1) is 0 Å². The van der Waals surface area contributed by atoms with Crippen LogP contribution in [0.2, 0.25) is 0 Å². The van der Waals surface area contributed by atoms with E-state index in [1.807, 2.05) is 0 Å². The number of hydrogen-bond acceptors (Lipinski definition) is 4. The lowest BCUT2D eigenvalue weighted by molar-refractivity contribution is -0.131. The molecule has 2 aliphatic rings. The van der Waals surface area contributed by atoms with E-state index in [2.05, 4.69) is 10.6 Å². The third-order valence-electron chi connectivity index (χ3n) is 3.50. The van der Waals surface area contributed by atoms with E-state index in [0.29, 0.717) is 11.0 Å². The molecule has 2 aliphatic heterocycles. The normalized spacial score (nSPS) is 25.5. The molecule has 0 saturated carbocycles. The molecule has 0 aromatic rings. The van der Waals surface area contributed by atoms with Crippen molar-refractivity contribution in [1.82, 2.24) is 15.5 Å².